The van der Waals surface area contributed by atoms with Crippen LogP contribution in [0.25, 0.3) is 11.1 Å². The summed E-state index contributed by atoms with van der Waals surface area (Å²) in [6, 6.07) is 5.31. The Labute approximate surface area is 144 Å². The Hall–Kier alpha value is -3.20. The van der Waals surface area contributed by atoms with E-state index in [0.717, 1.165) is 25.9 Å². The maximum absolute atomic E-state index is 8.55. The van der Waals surface area contributed by atoms with Crippen molar-refractivity contribution in [3.05, 3.63) is 35.7 Å². The molecule has 9 heteroatoms. The average Bonchev–Trinajstić information content (AvgIpc) is 2.97. The number of fused-ring (bicyclic) bond motifs is 1. The van der Waals surface area contributed by atoms with Gasteiger partial charge in [0.2, 0.25) is 0 Å². The monoisotopic (exact) mass is 341 g/mol. The minimum absolute atomic E-state index is 0.0917. The molecule has 0 fully saturated rings. The molecule has 2 aromatic heterocycles. The fraction of sp³-hybridized carbons (Fsp3) is 0.250. The molecule has 0 saturated carbocycles. The average molecular weight is 341 g/mol. The van der Waals surface area contributed by atoms with Crippen LogP contribution in [0.5, 0.6) is 0 Å². The Morgan fingerprint density at radius 3 is 2.88 bits per heavy atom. The lowest BCUT2D eigenvalue weighted by molar-refractivity contribution is -0.368. The van der Waals surface area contributed by atoms with E-state index in [-0.39, 0.29) is 17.5 Å². The van der Waals surface area contributed by atoms with Crippen LogP contribution in [0.3, 0.4) is 0 Å². The maximum Gasteiger partial charge on any atom is 0.292 e. The van der Waals surface area contributed by atoms with E-state index < -0.39 is 0 Å². The Balaban J connectivity index is 1.91. The van der Waals surface area contributed by atoms with E-state index in [9.17, 15) is 0 Å². The maximum atomic E-state index is 8.55. The van der Waals surface area contributed by atoms with Crippen LogP contribution in [0.15, 0.2) is 28.9 Å². The quantitative estimate of drug-likeness (QED) is 0.310. The number of nitrogens with one attached hydrogen (secondary N) is 2. The molecule has 0 bridgehead atoms. The summed E-state index contributed by atoms with van der Waals surface area (Å²) in [5.74, 6) is 0.792. The SMILES string of the molecule is N=C(c1ccc2oc(N)nc2c1)c1c(N)ncnc1NCCCC[NH3+]. The largest absolute Gasteiger partial charge is 0.424 e. The number of oxazole rings is 1. The second-order valence-corrected chi connectivity index (χ2v) is 5.58. The van der Waals surface area contributed by atoms with Crippen LogP contribution in [0.1, 0.15) is 24.0 Å². The molecule has 9 nitrogen and oxygen atoms in total. The first kappa shape index (κ1) is 16.7. The molecule has 0 saturated heterocycles. The van der Waals surface area contributed by atoms with E-state index in [2.05, 4.69) is 26.0 Å². The summed E-state index contributed by atoms with van der Waals surface area (Å²) in [4.78, 5) is 12.4. The molecular weight excluding hydrogens is 320 g/mol. The van der Waals surface area contributed by atoms with E-state index >= 15 is 0 Å². The lowest BCUT2D eigenvalue weighted by atomic mass is 10.0. The number of rotatable bonds is 7. The molecule has 1 aromatic carbocycles. The van der Waals surface area contributed by atoms with Gasteiger partial charge in [-0.2, -0.15) is 4.98 Å². The summed E-state index contributed by atoms with van der Waals surface area (Å²) in [6.45, 7) is 1.61. The molecule has 3 rings (SSSR count). The standard InChI is InChI=1S/C16H20N8O/c17-5-1-2-6-21-15-12(14(19)22-8-23-15)13(18)9-3-4-11-10(7-9)24-16(20)25-11/h3-4,7-8,18H,1-2,5-6,17H2,(H2,20,24)(H3,19,21,22,23)/p+1. The van der Waals surface area contributed by atoms with Gasteiger partial charge in [-0.3, -0.25) is 5.41 Å². The summed E-state index contributed by atoms with van der Waals surface area (Å²) >= 11 is 0. The van der Waals surface area contributed by atoms with Crippen LogP contribution in [0.2, 0.25) is 0 Å². The van der Waals surface area contributed by atoms with Crippen LogP contribution in [-0.4, -0.2) is 33.8 Å². The Bertz CT molecular complexity index is 904. The van der Waals surface area contributed by atoms with Gasteiger partial charge in [-0.1, -0.05) is 0 Å². The van der Waals surface area contributed by atoms with Gasteiger partial charge in [0.1, 0.15) is 23.5 Å². The lowest BCUT2D eigenvalue weighted by Crippen LogP contribution is -2.50. The third kappa shape index (κ3) is 3.50. The molecule has 9 N–H and O–H groups in total. The van der Waals surface area contributed by atoms with Gasteiger partial charge >= 0.3 is 0 Å². The third-order valence-corrected chi connectivity index (χ3v) is 3.79. The molecule has 2 heterocycles. The Morgan fingerprint density at radius 1 is 1.24 bits per heavy atom. The van der Waals surface area contributed by atoms with Gasteiger partial charge in [0, 0.05) is 12.1 Å². The van der Waals surface area contributed by atoms with Gasteiger partial charge in [-0.05, 0) is 31.0 Å². The van der Waals surface area contributed by atoms with Crippen molar-refractivity contribution in [2.24, 2.45) is 0 Å². The molecule has 0 atom stereocenters. The molecule has 0 unspecified atom stereocenters. The van der Waals surface area contributed by atoms with E-state index in [4.69, 9.17) is 21.3 Å². The van der Waals surface area contributed by atoms with Gasteiger partial charge in [-0.15, -0.1) is 0 Å². The number of nitrogen functional groups attached to an aromatic ring is 2. The summed E-state index contributed by atoms with van der Waals surface area (Å²) in [5, 5.41) is 11.8. The zero-order chi connectivity index (χ0) is 17.8. The molecule has 0 aliphatic heterocycles. The minimum Gasteiger partial charge on any atom is -0.424 e. The zero-order valence-electron chi connectivity index (χ0n) is 13.7. The first-order valence-corrected chi connectivity index (χ1v) is 7.99. The smallest absolute Gasteiger partial charge is 0.292 e. The van der Waals surface area contributed by atoms with Crippen molar-refractivity contribution in [3.8, 4) is 0 Å². The van der Waals surface area contributed by atoms with Crippen molar-refractivity contribution in [2.75, 3.05) is 29.9 Å². The number of aromatic nitrogens is 3. The van der Waals surface area contributed by atoms with Gasteiger partial charge in [-0.25, -0.2) is 9.97 Å². The van der Waals surface area contributed by atoms with E-state index in [1.54, 1.807) is 18.2 Å². The number of hydrogen-bond acceptors (Lipinski definition) is 8. The Morgan fingerprint density at radius 2 is 2.08 bits per heavy atom. The number of benzene rings is 1. The van der Waals surface area contributed by atoms with E-state index in [1.807, 2.05) is 0 Å². The first-order chi connectivity index (χ1) is 12.1. The minimum atomic E-state index is 0.0917. The summed E-state index contributed by atoms with van der Waals surface area (Å²) in [5.41, 5.74) is 17.9. The van der Waals surface area contributed by atoms with Crippen molar-refractivity contribution in [3.63, 3.8) is 0 Å². The number of nitrogens with zero attached hydrogens (tertiary/aromatic N) is 3. The molecule has 0 radical (unpaired) electrons. The van der Waals surface area contributed by atoms with E-state index in [1.165, 1.54) is 6.33 Å². The highest BCUT2D eigenvalue weighted by atomic mass is 16.4. The van der Waals surface area contributed by atoms with Crippen LogP contribution in [-0.2, 0) is 0 Å². The van der Waals surface area contributed by atoms with Crippen molar-refractivity contribution < 1.29 is 10.2 Å². The van der Waals surface area contributed by atoms with Crippen molar-refractivity contribution in [2.45, 2.75) is 12.8 Å². The second-order valence-electron chi connectivity index (χ2n) is 5.58. The van der Waals surface area contributed by atoms with Crippen LogP contribution >= 0.6 is 0 Å². The molecule has 0 spiro atoms. The fourth-order valence-corrected chi connectivity index (χ4v) is 2.53. The number of quaternary nitrogens is 1. The summed E-state index contributed by atoms with van der Waals surface area (Å²) < 4.78 is 5.26. The second kappa shape index (κ2) is 7.14. The highest BCUT2D eigenvalue weighted by Gasteiger charge is 2.17. The van der Waals surface area contributed by atoms with Crippen molar-refractivity contribution in [1.82, 2.24) is 15.0 Å². The molecule has 130 valence electrons. The number of unbranched alkanes of at least 4 members (excludes halogenated alkanes) is 1. The van der Waals surface area contributed by atoms with Crippen molar-refractivity contribution >= 4 is 34.5 Å². The molecule has 0 aliphatic carbocycles. The molecule has 0 amide bonds. The first-order valence-electron chi connectivity index (χ1n) is 7.99. The lowest BCUT2D eigenvalue weighted by Gasteiger charge is -2.13. The number of hydrogen-bond donors (Lipinski definition) is 5. The highest BCUT2D eigenvalue weighted by Crippen LogP contribution is 2.24. The van der Waals surface area contributed by atoms with Crippen LogP contribution in [0.4, 0.5) is 17.7 Å². The van der Waals surface area contributed by atoms with E-state index in [0.29, 0.717) is 28.0 Å². The highest BCUT2D eigenvalue weighted by molar-refractivity contribution is 6.17. The number of nitrogens with two attached hydrogens (primary N) is 2. The Kier molecular flexibility index (Phi) is 4.75. The molecule has 3 aromatic rings. The van der Waals surface area contributed by atoms with Crippen LogP contribution in [0, 0.1) is 5.41 Å². The third-order valence-electron chi connectivity index (χ3n) is 3.79. The number of anilines is 3. The normalized spacial score (nSPS) is 10.9. The molecule has 25 heavy (non-hydrogen) atoms. The van der Waals surface area contributed by atoms with Crippen LogP contribution < -0.4 is 22.5 Å². The molecule has 0 aliphatic rings. The predicted molar refractivity (Wildman–Crippen MR) is 96.3 cm³/mol. The summed E-state index contributed by atoms with van der Waals surface area (Å²) in [6.07, 6.45) is 3.37. The predicted octanol–water partition coefficient (Wildman–Crippen LogP) is 0.632. The summed E-state index contributed by atoms with van der Waals surface area (Å²) in [7, 11) is 0. The zero-order valence-corrected chi connectivity index (χ0v) is 13.7. The molecular formula is C16H21N8O+. The van der Waals surface area contributed by atoms with Gasteiger partial charge in [0.05, 0.1) is 17.8 Å². The fourth-order valence-electron chi connectivity index (χ4n) is 2.53. The van der Waals surface area contributed by atoms with Gasteiger partial charge in [0.15, 0.2) is 5.58 Å². The topological polar surface area (TPSA) is 167 Å². The van der Waals surface area contributed by atoms with Crippen molar-refractivity contribution in [1.29, 1.82) is 5.41 Å². The van der Waals surface area contributed by atoms with Gasteiger partial charge < -0.3 is 26.9 Å². The van der Waals surface area contributed by atoms with Gasteiger partial charge in [0.25, 0.3) is 6.01 Å².